The quantitative estimate of drug-likeness (QED) is 0.535. The van der Waals surface area contributed by atoms with E-state index in [1.807, 2.05) is 0 Å². The Bertz CT molecular complexity index is 1040. The predicted molar refractivity (Wildman–Crippen MR) is 121 cm³/mol. The summed E-state index contributed by atoms with van der Waals surface area (Å²) in [6.07, 6.45) is 14.1. The SMILES string of the molecule is C#CC1CCN(Cc2c(CC3CC3)cc(C)c3[nH]ccc23)C(c2ccccc2)C1. The minimum Gasteiger partial charge on any atom is -0.361 e. The molecular weight excluding hydrogens is 352 g/mol. The van der Waals surface area contributed by atoms with Crippen molar-refractivity contribution in [2.75, 3.05) is 6.54 Å². The van der Waals surface area contributed by atoms with Gasteiger partial charge in [-0.2, -0.15) is 0 Å². The molecule has 148 valence electrons. The standard InChI is InChI=1S/C27H30N2/c1-3-20-12-14-29(26(17-20)22-7-5-4-6-8-22)18-25-23(16-21-9-10-21)15-19(2)27-24(25)11-13-28-27/h1,4-8,11,13,15,20-21,26,28H,9-10,12,14,16-18H2,2H3. The summed E-state index contributed by atoms with van der Waals surface area (Å²) in [6, 6.07) is 16.1. The molecule has 3 aromatic rings. The maximum atomic E-state index is 5.83. The van der Waals surface area contributed by atoms with Gasteiger partial charge in [0, 0.05) is 42.1 Å². The number of terminal acetylenes is 1. The molecule has 2 nitrogen and oxygen atoms in total. The van der Waals surface area contributed by atoms with Gasteiger partial charge in [-0.1, -0.05) is 36.4 Å². The molecule has 0 spiro atoms. The maximum absolute atomic E-state index is 5.83. The highest BCUT2D eigenvalue weighted by Crippen LogP contribution is 2.39. The van der Waals surface area contributed by atoms with E-state index in [-0.39, 0.29) is 0 Å². The van der Waals surface area contributed by atoms with E-state index < -0.39 is 0 Å². The molecule has 29 heavy (non-hydrogen) atoms. The van der Waals surface area contributed by atoms with Gasteiger partial charge in [0.1, 0.15) is 0 Å². The summed E-state index contributed by atoms with van der Waals surface area (Å²) in [7, 11) is 0. The average Bonchev–Trinajstić information content (AvgIpc) is 3.43. The van der Waals surface area contributed by atoms with Crippen LogP contribution >= 0.6 is 0 Å². The lowest BCUT2D eigenvalue weighted by Gasteiger charge is -2.39. The predicted octanol–water partition coefficient (Wildman–Crippen LogP) is 6.02. The minimum absolute atomic E-state index is 0.382. The van der Waals surface area contributed by atoms with Crippen molar-refractivity contribution in [2.24, 2.45) is 11.8 Å². The average molecular weight is 383 g/mol. The number of hydrogen-bond acceptors (Lipinski definition) is 1. The summed E-state index contributed by atoms with van der Waals surface area (Å²) in [5.74, 6) is 4.31. The number of rotatable bonds is 5. The third-order valence-corrected chi connectivity index (χ3v) is 6.94. The van der Waals surface area contributed by atoms with Gasteiger partial charge in [-0.05, 0) is 73.3 Å². The van der Waals surface area contributed by atoms with Crippen molar-refractivity contribution in [1.82, 2.24) is 9.88 Å². The Labute approximate surface area is 174 Å². The van der Waals surface area contributed by atoms with Crippen molar-refractivity contribution >= 4 is 10.9 Å². The summed E-state index contributed by atoms with van der Waals surface area (Å²) in [5.41, 5.74) is 7.15. The van der Waals surface area contributed by atoms with Crippen LogP contribution in [0.3, 0.4) is 0 Å². The van der Waals surface area contributed by atoms with Crippen molar-refractivity contribution in [2.45, 2.75) is 51.6 Å². The third kappa shape index (κ3) is 3.72. The Balaban J connectivity index is 1.52. The van der Waals surface area contributed by atoms with Gasteiger partial charge in [0.2, 0.25) is 0 Å². The van der Waals surface area contributed by atoms with Crippen molar-refractivity contribution in [3.63, 3.8) is 0 Å². The van der Waals surface area contributed by atoms with Gasteiger partial charge in [-0.25, -0.2) is 0 Å². The molecule has 2 fully saturated rings. The monoisotopic (exact) mass is 382 g/mol. The molecule has 1 saturated carbocycles. The van der Waals surface area contributed by atoms with Crippen molar-refractivity contribution in [3.05, 3.63) is 70.9 Å². The summed E-state index contributed by atoms with van der Waals surface area (Å²) in [4.78, 5) is 6.15. The zero-order chi connectivity index (χ0) is 19.8. The number of nitrogens with zero attached hydrogens (tertiary/aromatic N) is 1. The normalized spacial score (nSPS) is 22.6. The zero-order valence-corrected chi connectivity index (χ0v) is 17.3. The largest absolute Gasteiger partial charge is 0.361 e. The molecule has 2 heteroatoms. The summed E-state index contributed by atoms with van der Waals surface area (Å²) >= 11 is 0. The van der Waals surface area contributed by atoms with Gasteiger partial charge < -0.3 is 4.98 Å². The van der Waals surface area contributed by atoms with E-state index in [1.54, 1.807) is 5.56 Å². The molecule has 5 rings (SSSR count). The Morgan fingerprint density at radius 1 is 1.14 bits per heavy atom. The molecule has 1 aliphatic heterocycles. The lowest BCUT2D eigenvalue weighted by molar-refractivity contribution is 0.121. The molecule has 2 aromatic carbocycles. The highest BCUT2D eigenvalue weighted by atomic mass is 15.2. The summed E-state index contributed by atoms with van der Waals surface area (Å²) in [6.45, 7) is 4.31. The second-order valence-electron chi connectivity index (χ2n) is 9.03. The number of aryl methyl sites for hydroxylation is 1. The van der Waals surface area contributed by atoms with Crippen LogP contribution in [0.2, 0.25) is 0 Å². The first-order chi connectivity index (χ1) is 14.2. The highest BCUT2D eigenvalue weighted by molar-refractivity contribution is 5.87. The summed E-state index contributed by atoms with van der Waals surface area (Å²) < 4.78 is 0. The van der Waals surface area contributed by atoms with E-state index in [1.165, 1.54) is 46.9 Å². The van der Waals surface area contributed by atoms with E-state index in [2.05, 4.69) is 71.4 Å². The van der Waals surface area contributed by atoms with Crippen LogP contribution in [-0.2, 0) is 13.0 Å². The fourth-order valence-electron chi connectivity index (χ4n) is 5.12. The fourth-order valence-corrected chi connectivity index (χ4v) is 5.12. The Morgan fingerprint density at radius 3 is 2.72 bits per heavy atom. The molecule has 1 aliphatic carbocycles. The van der Waals surface area contributed by atoms with Crippen molar-refractivity contribution in [1.29, 1.82) is 0 Å². The number of H-pyrrole nitrogens is 1. The number of nitrogens with one attached hydrogen (secondary N) is 1. The zero-order valence-electron chi connectivity index (χ0n) is 17.3. The van der Waals surface area contributed by atoms with Gasteiger partial charge in [-0.3, -0.25) is 4.90 Å². The van der Waals surface area contributed by atoms with Crippen molar-refractivity contribution in [3.8, 4) is 12.3 Å². The van der Waals surface area contributed by atoms with Gasteiger partial charge >= 0.3 is 0 Å². The molecule has 2 unspecified atom stereocenters. The van der Waals surface area contributed by atoms with Gasteiger partial charge in [0.25, 0.3) is 0 Å². The molecule has 2 atom stereocenters. The van der Waals surface area contributed by atoms with Crippen LogP contribution in [0.5, 0.6) is 0 Å². The van der Waals surface area contributed by atoms with E-state index >= 15 is 0 Å². The van der Waals surface area contributed by atoms with Crippen LogP contribution in [-0.4, -0.2) is 16.4 Å². The number of fused-ring (bicyclic) bond motifs is 1. The second-order valence-corrected chi connectivity index (χ2v) is 9.03. The van der Waals surface area contributed by atoms with Crippen LogP contribution < -0.4 is 0 Å². The number of benzene rings is 2. The molecule has 0 radical (unpaired) electrons. The van der Waals surface area contributed by atoms with Crippen LogP contribution in [0.1, 0.15) is 54.0 Å². The molecule has 2 aliphatic rings. The molecule has 1 saturated heterocycles. The third-order valence-electron chi connectivity index (χ3n) is 6.94. The number of piperidine rings is 1. The first-order valence-corrected chi connectivity index (χ1v) is 11.1. The topological polar surface area (TPSA) is 19.0 Å². The van der Waals surface area contributed by atoms with Crippen LogP contribution in [0, 0.1) is 31.1 Å². The van der Waals surface area contributed by atoms with Crippen LogP contribution in [0.25, 0.3) is 10.9 Å². The van der Waals surface area contributed by atoms with Gasteiger partial charge in [0.15, 0.2) is 0 Å². The Morgan fingerprint density at radius 2 is 1.97 bits per heavy atom. The number of likely N-dealkylation sites (tertiary alicyclic amines) is 1. The number of hydrogen-bond donors (Lipinski definition) is 1. The Hall–Kier alpha value is -2.50. The van der Waals surface area contributed by atoms with Crippen LogP contribution in [0.15, 0.2) is 48.7 Å². The number of aromatic nitrogens is 1. The molecule has 0 bridgehead atoms. The molecule has 0 amide bonds. The smallest absolute Gasteiger partial charge is 0.0487 e. The summed E-state index contributed by atoms with van der Waals surface area (Å²) in [5, 5.41) is 1.41. The second kappa shape index (κ2) is 7.73. The van der Waals surface area contributed by atoms with E-state index in [4.69, 9.17) is 6.42 Å². The van der Waals surface area contributed by atoms with E-state index in [0.29, 0.717) is 12.0 Å². The fraction of sp³-hybridized carbons (Fsp3) is 0.407. The van der Waals surface area contributed by atoms with Crippen LogP contribution in [0.4, 0.5) is 0 Å². The molecule has 1 N–H and O–H groups in total. The highest BCUT2D eigenvalue weighted by Gasteiger charge is 2.30. The van der Waals surface area contributed by atoms with Gasteiger partial charge in [0.05, 0.1) is 0 Å². The first-order valence-electron chi connectivity index (χ1n) is 11.1. The Kier molecular flexibility index (Phi) is 4.94. The lowest BCUT2D eigenvalue weighted by Crippen LogP contribution is -2.36. The lowest BCUT2D eigenvalue weighted by atomic mass is 9.86. The minimum atomic E-state index is 0.382. The van der Waals surface area contributed by atoms with Crippen molar-refractivity contribution < 1.29 is 0 Å². The van der Waals surface area contributed by atoms with E-state index in [0.717, 1.165) is 31.8 Å². The maximum Gasteiger partial charge on any atom is 0.0487 e. The van der Waals surface area contributed by atoms with E-state index in [9.17, 15) is 0 Å². The van der Waals surface area contributed by atoms with Gasteiger partial charge in [-0.15, -0.1) is 12.3 Å². The molecular formula is C27H30N2. The molecule has 1 aromatic heterocycles. The number of aromatic amines is 1. The molecule has 2 heterocycles. The first kappa shape index (κ1) is 18.5.